The minimum absolute atomic E-state index is 0.434. The van der Waals surface area contributed by atoms with E-state index in [1.807, 2.05) is 0 Å². The first-order valence-corrected chi connectivity index (χ1v) is 7.91. The summed E-state index contributed by atoms with van der Waals surface area (Å²) in [7, 11) is 0. The Bertz CT molecular complexity index is 369. The molecule has 1 aromatic rings. The van der Waals surface area contributed by atoms with Gasteiger partial charge in [-0.2, -0.15) is 0 Å². The number of rotatable bonds is 7. The lowest BCUT2D eigenvalue weighted by Gasteiger charge is -2.27. The number of unbranched alkanes of at least 4 members (excludes halogenated alkanes) is 2. The molecular weight excluding hydrogens is 230 g/mol. The van der Waals surface area contributed by atoms with Gasteiger partial charge in [-0.25, -0.2) is 0 Å². The zero-order chi connectivity index (χ0) is 13.7. The minimum atomic E-state index is 0.434. The van der Waals surface area contributed by atoms with Gasteiger partial charge in [-0.05, 0) is 35.8 Å². The fraction of sp³-hybridized carbons (Fsp3) is 0.667. The van der Waals surface area contributed by atoms with E-state index < -0.39 is 0 Å². The molecule has 1 heteroatoms. The van der Waals surface area contributed by atoms with Crippen LogP contribution in [0.15, 0.2) is 24.3 Å². The second-order valence-electron chi connectivity index (χ2n) is 6.88. The van der Waals surface area contributed by atoms with Crippen molar-refractivity contribution in [2.75, 3.05) is 6.54 Å². The molecule has 2 rings (SSSR count). The Morgan fingerprint density at radius 3 is 2.32 bits per heavy atom. The van der Waals surface area contributed by atoms with E-state index in [1.54, 1.807) is 11.1 Å². The summed E-state index contributed by atoms with van der Waals surface area (Å²) in [6.45, 7) is 8.23. The number of hydrogen-bond donors (Lipinski definition) is 1. The van der Waals surface area contributed by atoms with Crippen LogP contribution in [-0.2, 0) is 12.8 Å². The van der Waals surface area contributed by atoms with Gasteiger partial charge in [0.1, 0.15) is 0 Å². The molecule has 1 aliphatic rings. The molecule has 19 heavy (non-hydrogen) atoms. The summed E-state index contributed by atoms with van der Waals surface area (Å²) in [4.78, 5) is 0. The quantitative estimate of drug-likeness (QED) is 0.718. The van der Waals surface area contributed by atoms with Gasteiger partial charge >= 0.3 is 0 Å². The highest BCUT2D eigenvalue weighted by atomic mass is 14.9. The van der Waals surface area contributed by atoms with Crippen LogP contribution in [0.25, 0.3) is 0 Å². The van der Waals surface area contributed by atoms with Crippen molar-refractivity contribution in [3.05, 3.63) is 35.4 Å². The third kappa shape index (κ3) is 4.35. The van der Waals surface area contributed by atoms with Crippen LogP contribution in [0, 0.1) is 5.41 Å². The third-order valence-corrected chi connectivity index (χ3v) is 4.38. The summed E-state index contributed by atoms with van der Waals surface area (Å²) in [6, 6.07) is 9.54. The summed E-state index contributed by atoms with van der Waals surface area (Å²) in [6.07, 6.45) is 7.83. The maximum absolute atomic E-state index is 3.80. The topological polar surface area (TPSA) is 12.0 Å². The van der Waals surface area contributed by atoms with Crippen molar-refractivity contribution in [3.63, 3.8) is 0 Å². The number of nitrogens with one attached hydrogen (secondary N) is 1. The molecule has 1 aromatic carbocycles. The Balaban J connectivity index is 1.75. The maximum atomic E-state index is 3.80. The lowest BCUT2D eigenvalue weighted by atomic mass is 9.86. The average Bonchev–Trinajstić information content (AvgIpc) is 2.79. The van der Waals surface area contributed by atoms with Gasteiger partial charge in [-0.15, -0.1) is 0 Å². The summed E-state index contributed by atoms with van der Waals surface area (Å²) < 4.78 is 0. The van der Waals surface area contributed by atoms with Gasteiger partial charge in [-0.1, -0.05) is 64.3 Å². The molecule has 0 amide bonds. The molecular formula is C18H29N. The van der Waals surface area contributed by atoms with E-state index >= 15 is 0 Å². The van der Waals surface area contributed by atoms with E-state index in [0.717, 1.165) is 6.54 Å². The monoisotopic (exact) mass is 259 g/mol. The van der Waals surface area contributed by atoms with Crippen molar-refractivity contribution in [1.82, 2.24) is 5.32 Å². The van der Waals surface area contributed by atoms with Crippen molar-refractivity contribution in [3.8, 4) is 0 Å². The minimum Gasteiger partial charge on any atom is -0.313 e. The number of hydrogen-bond acceptors (Lipinski definition) is 1. The summed E-state index contributed by atoms with van der Waals surface area (Å²) in [5.41, 5.74) is 3.52. The molecule has 0 saturated heterocycles. The molecule has 0 fully saturated rings. The molecule has 1 N–H and O–H groups in total. The largest absolute Gasteiger partial charge is 0.313 e. The standard InChI is InChI=1S/C18H29N/c1-4-5-8-11-18(2,3)14-19-17-12-15-9-6-7-10-16(15)13-17/h6-7,9-10,17,19H,4-5,8,11-14H2,1-3H3. The van der Waals surface area contributed by atoms with Gasteiger partial charge < -0.3 is 5.32 Å². The fourth-order valence-corrected chi connectivity index (χ4v) is 3.07. The van der Waals surface area contributed by atoms with Gasteiger partial charge in [0.15, 0.2) is 0 Å². The van der Waals surface area contributed by atoms with Crippen molar-refractivity contribution in [2.45, 2.75) is 65.3 Å². The van der Waals surface area contributed by atoms with E-state index in [-0.39, 0.29) is 0 Å². The van der Waals surface area contributed by atoms with Crippen LogP contribution in [0.1, 0.15) is 57.6 Å². The Morgan fingerprint density at radius 1 is 1.11 bits per heavy atom. The molecule has 0 saturated carbocycles. The first-order chi connectivity index (χ1) is 9.11. The Labute approximate surface area is 118 Å². The van der Waals surface area contributed by atoms with Crippen LogP contribution in [-0.4, -0.2) is 12.6 Å². The van der Waals surface area contributed by atoms with E-state index in [0.29, 0.717) is 11.5 Å². The second-order valence-corrected chi connectivity index (χ2v) is 6.88. The number of fused-ring (bicyclic) bond motifs is 1. The Morgan fingerprint density at radius 2 is 1.74 bits per heavy atom. The van der Waals surface area contributed by atoms with Gasteiger partial charge in [0.2, 0.25) is 0 Å². The van der Waals surface area contributed by atoms with Crippen LogP contribution in [0.3, 0.4) is 0 Å². The summed E-state index contributed by atoms with van der Waals surface area (Å²) in [5, 5.41) is 3.80. The van der Waals surface area contributed by atoms with E-state index in [1.165, 1.54) is 38.5 Å². The van der Waals surface area contributed by atoms with Gasteiger partial charge in [0.25, 0.3) is 0 Å². The van der Waals surface area contributed by atoms with Crippen LogP contribution < -0.4 is 5.32 Å². The molecule has 0 unspecified atom stereocenters. The maximum Gasteiger partial charge on any atom is 0.0148 e. The predicted molar refractivity (Wildman–Crippen MR) is 83.6 cm³/mol. The molecule has 0 bridgehead atoms. The van der Waals surface area contributed by atoms with Crippen molar-refractivity contribution < 1.29 is 0 Å². The first kappa shape index (κ1) is 14.6. The van der Waals surface area contributed by atoms with E-state index in [4.69, 9.17) is 0 Å². The van der Waals surface area contributed by atoms with Crippen LogP contribution in [0.5, 0.6) is 0 Å². The smallest absolute Gasteiger partial charge is 0.0148 e. The molecule has 106 valence electrons. The van der Waals surface area contributed by atoms with Crippen LogP contribution in [0.2, 0.25) is 0 Å². The Hall–Kier alpha value is -0.820. The SMILES string of the molecule is CCCCCC(C)(C)CNC1Cc2ccccc2C1. The lowest BCUT2D eigenvalue weighted by molar-refractivity contribution is 0.288. The summed E-state index contributed by atoms with van der Waals surface area (Å²) >= 11 is 0. The lowest BCUT2D eigenvalue weighted by Crippen LogP contribution is -2.37. The van der Waals surface area contributed by atoms with Crippen molar-refractivity contribution >= 4 is 0 Å². The molecule has 0 aromatic heterocycles. The molecule has 0 radical (unpaired) electrons. The average molecular weight is 259 g/mol. The van der Waals surface area contributed by atoms with E-state index in [2.05, 4.69) is 50.4 Å². The molecule has 0 spiro atoms. The first-order valence-electron chi connectivity index (χ1n) is 7.91. The highest BCUT2D eigenvalue weighted by Crippen LogP contribution is 2.25. The fourth-order valence-electron chi connectivity index (χ4n) is 3.07. The van der Waals surface area contributed by atoms with Crippen LogP contribution in [0.4, 0.5) is 0 Å². The second kappa shape index (κ2) is 6.56. The van der Waals surface area contributed by atoms with Gasteiger partial charge in [-0.3, -0.25) is 0 Å². The highest BCUT2D eigenvalue weighted by Gasteiger charge is 2.23. The molecule has 0 aliphatic heterocycles. The summed E-state index contributed by atoms with van der Waals surface area (Å²) in [5.74, 6) is 0. The predicted octanol–water partition coefficient (Wildman–Crippen LogP) is 4.35. The Kier molecular flexibility index (Phi) is 5.04. The molecule has 0 atom stereocenters. The normalized spacial score (nSPS) is 15.7. The number of benzene rings is 1. The van der Waals surface area contributed by atoms with Crippen molar-refractivity contribution in [1.29, 1.82) is 0 Å². The molecule has 1 aliphatic carbocycles. The van der Waals surface area contributed by atoms with E-state index in [9.17, 15) is 0 Å². The molecule has 0 heterocycles. The van der Waals surface area contributed by atoms with Gasteiger partial charge in [0, 0.05) is 12.6 Å². The van der Waals surface area contributed by atoms with Crippen LogP contribution >= 0.6 is 0 Å². The zero-order valence-electron chi connectivity index (χ0n) is 12.8. The highest BCUT2D eigenvalue weighted by molar-refractivity contribution is 5.33. The van der Waals surface area contributed by atoms with Gasteiger partial charge in [0.05, 0.1) is 0 Å². The zero-order valence-corrected chi connectivity index (χ0v) is 12.8. The molecule has 1 nitrogen and oxygen atoms in total. The third-order valence-electron chi connectivity index (χ3n) is 4.38. The van der Waals surface area contributed by atoms with Crippen molar-refractivity contribution in [2.24, 2.45) is 5.41 Å².